The van der Waals surface area contributed by atoms with E-state index in [0.717, 1.165) is 12.8 Å². The van der Waals surface area contributed by atoms with Gasteiger partial charge in [0, 0.05) is 18.1 Å². The molecule has 0 heterocycles. The van der Waals surface area contributed by atoms with Gasteiger partial charge in [-0.15, -0.1) is 0 Å². The van der Waals surface area contributed by atoms with Crippen LogP contribution in [0.4, 0.5) is 10.1 Å². The number of rotatable bonds is 4. The van der Waals surface area contributed by atoms with Gasteiger partial charge < -0.3 is 14.8 Å². The molecule has 0 aromatic heterocycles. The van der Waals surface area contributed by atoms with E-state index in [2.05, 4.69) is 17.5 Å². The van der Waals surface area contributed by atoms with Gasteiger partial charge in [-0.05, 0) is 24.7 Å². The third-order valence-electron chi connectivity index (χ3n) is 4.35. The Bertz CT molecular complexity index is 599. The first-order valence-corrected chi connectivity index (χ1v) is 7.03. The molecule has 3 atom stereocenters. The zero-order valence-electron chi connectivity index (χ0n) is 12.1. The van der Waals surface area contributed by atoms with Gasteiger partial charge in [0.15, 0.2) is 11.6 Å². The highest BCUT2D eigenvalue weighted by atomic mass is 19.1. The van der Waals surface area contributed by atoms with Crippen molar-refractivity contribution >= 4 is 11.6 Å². The highest BCUT2D eigenvalue weighted by Gasteiger charge is 2.39. The van der Waals surface area contributed by atoms with Crippen molar-refractivity contribution in [3.05, 3.63) is 30.1 Å². The number of carbonyl (C=O) groups is 1. The van der Waals surface area contributed by atoms with Crippen molar-refractivity contribution in [3.8, 4) is 11.5 Å². The molecule has 4 nitrogen and oxygen atoms in total. The van der Waals surface area contributed by atoms with Crippen molar-refractivity contribution in [2.24, 2.45) is 17.8 Å². The lowest BCUT2D eigenvalue weighted by Crippen LogP contribution is -2.26. The fraction of sp³-hybridized carbons (Fsp3) is 0.438. The zero-order chi connectivity index (χ0) is 15.0. The molecule has 1 aromatic carbocycles. The molecule has 2 bridgehead atoms. The summed E-state index contributed by atoms with van der Waals surface area (Å²) >= 11 is 0. The molecule has 0 aliphatic heterocycles. The summed E-state index contributed by atoms with van der Waals surface area (Å²) in [5.41, 5.74) is 0.340. The van der Waals surface area contributed by atoms with Crippen molar-refractivity contribution in [1.82, 2.24) is 0 Å². The molecule has 1 aromatic rings. The summed E-state index contributed by atoms with van der Waals surface area (Å²) in [7, 11) is 2.86. The predicted molar refractivity (Wildman–Crippen MR) is 77.0 cm³/mol. The maximum absolute atomic E-state index is 13.8. The molecule has 0 radical (unpaired) electrons. The summed E-state index contributed by atoms with van der Waals surface area (Å²) in [4.78, 5) is 12.4. The lowest BCUT2D eigenvalue weighted by Gasteiger charge is -2.19. The van der Waals surface area contributed by atoms with Gasteiger partial charge >= 0.3 is 0 Å². The Morgan fingerprint density at radius 3 is 2.52 bits per heavy atom. The number of allylic oxidation sites excluding steroid dienone is 2. The lowest BCUT2D eigenvalue weighted by molar-refractivity contribution is -0.120. The Morgan fingerprint density at radius 1 is 1.19 bits per heavy atom. The molecular weight excluding hydrogens is 273 g/mol. The Labute approximate surface area is 122 Å². The minimum absolute atomic E-state index is 0.0325. The largest absolute Gasteiger partial charge is 0.494 e. The first-order chi connectivity index (χ1) is 10.1. The van der Waals surface area contributed by atoms with Crippen LogP contribution in [0.25, 0.3) is 0 Å². The molecular formula is C16H18FNO3. The van der Waals surface area contributed by atoms with Crippen molar-refractivity contribution in [2.45, 2.75) is 12.8 Å². The SMILES string of the molecule is COc1cc(OC)c(NC(=O)[C@@H]2C[C@H]3C=C[C@H]2C3)cc1F. The highest BCUT2D eigenvalue weighted by Crippen LogP contribution is 2.44. The van der Waals surface area contributed by atoms with Crippen molar-refractivity contribution in [2.75, 3.05) is 19.5 Å². The topological polar surface area (TPSA) is 47.6 Å². The molecule has 5 heteroatoms. The molecule has 0 unspecified atom stereocenters. The van der Waals surface area contributed by atoms with E-state index >= 15 is 0 Å². The van der Waals surface area contributed by atoms with Gasteiger partial charge in [0.1, 0.15) is 5.75 Å². The summed E-state index contributed by atoms with van der Waals surface area (Å²) < 4.78 is 23.9. The smallest absolute Gasteiger partial charge is 0.228 e. The summed E-state index contributed by atoms with van der Waals surface area (Å²) in [6, 6.07) is 2.67. The Balaban J connectivity index is 1.79. The summed E-state index contributed by atoms with van der Waals surface area (Å²) in [6.07, 6.45) is 6.21. The number of fused-ring (bicyclic) bond motifs is 2. The number of amides is 1. The van der Waals surface area contributed by atoms with Gasteiger partial charge in [-0.1, -0.05) is 12.2 Å². The molecule has 2 aliphatic carbocycles. The second-order valence-corrected chi connectivity index (χ2v) is 5.56. The number of methoxy groups -OCH3 is 2. The van der Waals surface area contributed by atoms with E-state index in [0.29, 0.717) is 23.3 Å². The van der Waals surface area contributed by atoms with Crippen molar-refractivity contribution in [3.63, 3.8) is 0 Å². The predicted octanol–water partition coefficient (Wildman–Crippen LogP) is 2.99. The van der Waals surface area contributed by atoms with Gasteiger partial charge in [0.05, 0.1) is 19.9 Å². The Kier molecular flexibility index (Phi) is 3.57. The standard InChI is InChI=1S/C16H18FNO3/c1-20-14-8-15(21-2)13(7-12(14)17)18-16(19)11-6-9-3-4-10(11)5-9/h3-4,7-11H,5-6H2,1-2H3,(H,18,19)/t9-,10-,11+/m0/s1. The molecule has 0 spiro atoms. The number of hydrogen-bond donors (Lipinski definition) is 1. The number of carbonyl (C=O) groups excluding carboxylic acids is 1. The van der Waals surface area contributed by atoms with E-state index in [1.165, 1.54) is 26.4 Å². The van der Waals surface area contributed by atoms with Crippen LogP contribution in [-0.2, 0) is 4.79 Å². The maximum Gasteiger partial charge on any atom is 0.228 e. The number of benzene rings is 1. The summed E-state index contributed by atoms with van der Waals surface area (Å²) in [5, 5.41) is 2.79. The quantitative estimate of drug-likeness (QED) is 0.868. The van der Waals surface area contributed by atoms with Crippen LogP contribution in [0.5, 0.6) is 11.5 Å². The van der Waals surface area contributed by atoms with Crippen LogP contribution in [0.2, 0.25) is 0 Å². The number of hydrogen-bond acceptors (Lipinski definition) is 3. The van der Waals surface area contributed by atoms with Crippen LogP contribution in [0.3, 0.4) is 0 Å². The molecule has 1 N–H and O–H groups in total. The van der Waals surface area contributed by atoms with E-state index in [4.69, 9.17) is 9.47 Å². The second kappa shape index (κ2) is 5.39. The highest BCUT2D eigenvalue weighted by molar-refractivity contribution is 5.94. The van der Waals surface area contributed by atoms with Crippen LogP contribution in [0.15, 0.2) is 24.3 Å². The average molecular weight is 291 g/mol. The van der Waals surface area contributed by atoms with E-state index in [1.807, 2.05) is 0 Å². The monoisotopic (exact) mass is 291 g/mol. The number of halogens is 1. The maximum atomic E-state index is 13.8. The third kappa shape index (κ3) is 2.48. The molecule has 0 saturated heterocycles. The van der Waals surface area contributed by atoms with Crippen molar-refractivity contribution < 1.29 is 18.7 Å². The average Bonchev–Trinajstić information content (AvgIpc) is 3.10. The number of anilines is 1. The van der Waals surface area contributed by atoms with E-state index in [-0.39, 0.29) is 17.6 Å². The summed E-state index contributed by atoms with van der Waals surface area (Å²) in [5.74, 6) is 0.670. The third-order valence-corrected chi connectivity index (χ3v) is 4.35. The van der Waals surface area contributed by atoms with Crippen LogP contribution in [0.1, 0.15) is 12.8 Å². The zero-order valence-corrected chi connectivity index (χ0v) is 12.1. The molecule has 2 aliphatic rings. The van der Waals surface area contributed by atoms with Crippen LogP contribution >= 0.6 is 0 Å². The van der Waals surface area contributed by atoms with Crippen LogP contribution < -0.4 is 14.8 Å². The van der Waals surface area contributed by atoms with Gasteiger partial charge in [0.2, 0.25) is 5.91 Å². The fourth-order valence-electron chi connectivity index (χ4n) is 3.27. The molecule has 1 fully saturated rings. The van der Waals surface area contributed by atoms with Gasteiger partial charge in [-0.25, -0.2) is 4.39 Å². The Morgan fingerprint density at radius 2 is 1.95 bits per heavy atom. The fourth-order valence-corrected chi connectivity index (χ4v) is 3.27. The normalized spacial score (nSPS) is 26.0. The van der Waals surface area contributed by atoms with E-state index in [1.54, 1.807) is 0 Å². The van der Waals surface area contributed by atoms with Gasteiger partial charge in [-0.3, -0.25) is 4.79 Å². The second-order valence-electron chi connectivity index (χ2n) is 5.56. The van der Waals surface area contributed by atoms with Gasteiger partial charge in [-0.2, -0.15) is 0 Å². The van der Waals surface area contributed by atoms with Crippen molar-refractivity contribution in [1.29, 1.82) is 0 Å². The van der Waals surface area contributed by atoms with Crippen LogP contribution in [-0.4, -0.2) is 20.1 Å². The molecule has 1 amide bonds. The first-order valence-electron chi connectivity index (χ1n) is 7.03. The van der Waals surface area contributed by atoms with Gasteiger partial charge in [0.25, 0.3) is 0 Å². The van der Waals surface area contributed by atoms with E-state index < -0.39 is 5.82 Å². The molecule has 112 valence electrons. The summed E-state index contributed by atoms with van der Waals surface area (Å²) in [6.45, 7) is 0. The Hall–Kier alpha value is -2.04. The van der Waals surface area contributed by atoms with E-state index in [9.17, 15) is 9.18 Å². The molecule has 1 saturated carbocycles. The first kappa shape index (κ1) is 13.9. The minimum Gasteiger partial charge on any atom is -0.494 e. The number of nitrogens with one attached hydrogen (secondary N) is 1. The molecule has 21 heavy (non-hydrogen) atoms. The molecule has 3 rings (SSSR count). The number of ether oxygens (including phenoxy) is 2. The lowest BCUT2D eigenvalue weighted by atomic mass is 9.93. The minimum atomic E-state index is -0.526. The van der Waals surface area contributed by atoms with Crippen LogP contribution in [0, 0.1) is 23.6 Å².